The van der Waals surface area contributed by atoms with Gasteiger partial charge >= 0.3 is 0 Å². The van der Waals surface area contributed by atoms with E-state index in [1.165, 1.54) is 48.0 Å². The summed E-state index contributed by atoms with van der Waals surface area (Å²) in [5.74, 6) is 0. The van der Waals surface area contributed by atoms with Crippen LogP contribution in [0, 0.1) is 0 Å². The molecule has 0 saturated heterocycles. The van der Waals surface area contributed by atoms with Crippen molar-refractivity contribution in [3.05, 3.63) is 91.0 Å². The number of rotatable bonds is 4. The molecule has 0 bridgehead atoms. The summed E-state index contributed by atoms with van der Waals surface area (Å²) < 4.78 is 5.69. The van der Waals surface area contributed by atoms with Crippen LogP contribution in [0.2, 0.25) is 0 Å². The summed E-state index contributed by atoms with van der Waals surface area (Å²) >= 11 is 0. The molecule has 0 spiro atoms. The zero-order valence-corrected chi connectivity index (χ0v) is 16.1. The molecule has 0 aromatic heterocycles. The van der Waals surface area contributed by atoms with Crippen molar-refractivity contribution in [3.63, 3.8) is 0 Å². The lowest BCUT2D eigenvalue weighted by Crippen LogP contribution is -2.27. The summed E-state index contributed by atoms with van der Waals surface area (Å²) in [4.78, 5) is 0. The molecule has 0 heterocycles. The number of nitrogens with zero attached hydrogens (tertiary/aromatic N) is 1. The minimum absolute atomic E-state index is 0.470. The van der Waals surface area contributed by atoms with E-state index in [9.17, 15) is 0 Å². The molecule has 1 aliphatic rings. The smallest absolute Gasteiger partial charge is 0.0551 e. The third-order valence-electron chi connectivity index (χ3n) is 5.30. The zero-order valence-electron chi connectivity index (χ0n) is 15.2. The summed E-state index contributed by atoms with van der Waals surface area (Å²) in [6.07, 6.45) is 6.45. The lowest BCUT2D eigenvalue weighted by Gasteiger charge is -2.30. The van der Waals surface area contributed by atoms with Crippen molar-refractivity contribution >= 4 is 23.0 Å². The van der Waals surface area contributed by atoms with E-state index in [0.29, 0.717) is 6.04 Å². The largest absolute Gasteiger partial charge is 0.286 e. The second-order valence-corrected chi connectivity index (χ2v) is 10.1. The molecule has 1 fully saturated rings. The van der Waals surface area contributed by atoms with Gasteiger partial charge in [-0.2, -0.15) is 0 Å². The second-order valence-electron chi connectivity index (χ2n) is 7.05. The van der Waals surface area contributed by atoms with Crippen LogP contribution in [0.15, 0.2) is 95.7 Å². The van der Waals surface area contributed by atoms with Crippen molar-refractivity contribution in [1.29, 1.82) is 0 Å². The van der Waals surface area contributed by atoms with E-state index >= 15 is 0 Å². The van der Waals surface area contributed by atoms with Gasteiger partial charge in [0.2, 0.25) is 0 Å². The molecule has 0 N–H and O–H groups in total. The van der Waals surface area contributed by atoms with Gasteiger partial charge in [0.15, 0.2) is 0 Å². The SMILES string of the molecule is c1ccc(P(=NC2CCCCC2)(c2ccccc2)c2ccccc2)cc1. The summed E-state index contributed by atoms with van der Waals surface area (Å²) in [7, 11) is -2.00. The highest BCUT2D eigenvalue weighted by Gasteiger charge is 2.28. The topological polar surface area (TPSA) is 12.4 Å². The Morgan fingerprint density at radius 1 is 0.538 bits per heavy atom. The van der Waals surface area contributed by atoms with E-state index in [-0.39, 0.29) is 0 Å². The van der Waals surface area contributed by atoms with Crippen molar-refractivity contribution in [2.45, 2.75) is 38.1 Å². The first kappa shape index (κ1) is 17.3. The normalized spacial score (nSPS) is 15.5. The molecule has 4 rings (SSSR count). The Hall–Kier alpha value is -2.11. The van der Waals surface area contributed by atoms with E-state index in [0.717, 1.165) is 0 Å². The molecule has 3 aromatic rings. The molecule has 0 atom stereocenters. The summed E-state index contributed by atoms with van der Waals surface area (Å²) in [6, 6.07) is 33.4. The van der Waals surface area contributed by atoms with Gasteiger partial charge in [0, 0.05) is 22.0 Å². The molecule has 0 radical (unpaired) electrons. The first-order valence-corrected chi connectivity index (χ1v) is 11.4. The van der Waals surface area contributed by atoms with Crippen LogP contribution in [0.3, 0.4) is 0 Å². The van der Waals surface area contributed by atoms with E-state index in [2.05, 4.69) is 91.0 Å². The van der Waals surface area contributed by atoms with Crippen molar-refractivity contribution in [3.8, 4) is 0 Å². The molecule has 132 valence electrons. The Morgan fingerprint density at radius 3 is 1.31 bits per heavy atom. The van der Waals surface area contributed by atoms with Gasteiger partial charge < -0.3 is 0 Å². The number of benzene rings is 3. The Kier molecular flexibility index (Phi) is 5.37. The Bertz CT molecular complexity index is 762. The maximum absolute atomic E-state index is 5.69. The lowest BCUT2D eigenvalue weighted by molar-refractivity contribution is 0.446. The number of hydrogen-bond acceptors (Lipinski definition) is 1. The minimum atomic E-state index is -2.00. The van der Waals surface area contributed by atoms with Crippen LogP contribution in [0.5, 0.6) is 0 Å². The molecular weight excluding hydrogens is 333 g/mol. The molecule has 1 aliphatic carbocycles. The maximum atomic E-state index is 5.69. The molecule has 0 unspecified atom stereocenters. The van der Waals surface area contributed by atoms with Gasteiger partial charge in [0.25, 0.3) is 0 Å². The zero-order chi connectivity index (χ0) is 17.7. The predicted molar refractivity (Wildman–Crippen MR) is 114 cm³/mol. The van der Waals surface area contributed by atoms with Gasteiger partial charge in [0.05, 0.1) is 7.05 Å². The van der Waals surface area contributed by atoms with Crippen LogP contribution in [-0.2, 0) is 0 Å². The molecular formula is C24H26NP. The molecule has 0 amide bonds. The van der Waals surface area contributed by atoms with Crippen molar-refractivity contribution < 1.29 is 0 Å². The van der Waals surface area contributed by atoms with E-state index < -0.39 is 7.05 Å². The second kappa shape index (κ2) is 8.06. The standard InChI is InChI=1S/C24H26NP/c1-5-13-21(14-6-1)25-26(22-15-7-2-8-16-22,23-17-9-3-10-18-23)24-19-11-4-12-20-24/h2-4,7-12,15-21H,1,5-6,13-14H2. The Balaban J connectivity index is 2.02. The highest BCUT2D eigenvalue weighted by atomic mass is 31.2. The summed E-state index contributed by atoms with van der Waals surface area (Å²) in [6.45, 7) is 0. The van der Waals surface area contributed by atoms with Crippen LogP contribution in [0.1, 0.15) is 32.1 Å². The molecule has 1 saturated carbocycles. The highest BCUT2D eigenvalue weighted by Crippen LogP contribution is 2.48. The fraction of sp³-hybridized carbons (Fsp3) is 0.250. The molecule has 3 aromatic carbocycles. The number of hydrogen-bond donors (Lipinski definition) is 0. The van der Waals surface area contributed by atoms with E-state index in [1.807, 2.05) is 0 Å². The first-order valence-electron chi connectivity index (χ1n) is 9.68. The monoisotopic (exact) mass is 359 g/mol. The predicted octanol–water partition coefficient (Wildman–Crippen LogP) is 5.50. The Labute approximate surface area is 157 Å². The van der Waals surface area contributed by atoms with Gasteiger partial charge in [-0.25, -0.2) is 0 Å². The van der Waals surface area contributed by atoms with Gasteiger partial charge in [-0.15, -0.1) is 0 Å². The Morgan fingerprint density at radius 2 is 0.923 bits per heavy atom. The van der Waals surface area contributed by atoms with Crippen LogP contribution in [0.4, 0.5) is 0 Å². The van der Waals surface area contributed by atoms with Crippen LogP contribution in [-0.4, -0.2) is 6.04 Å². The van der Waals surface area contributed by atoms with Crippen molar-refractivity contribution in [2.24, 2.45) is 4.74 Å². The summed E-state index contributed by atoms with van der Waals surface area (Å²) in [5.41, 5.74) is 0. The third-order valence-corrected chi connectivity index (χ3v) is 9.11. The molecule has 26 heavy (non-hydrogen) atoms. The summed E-state index contributed by atoms with van der Waals surface area (Å²) in [5, 5.41) is 4.09. The van der Waals surface area contributed by atoms with Crippen molar-refractivity contribution in [2.75, 3.05) is 0 Å². The average molecular weight is 359 g/mol. The average Bonchev–Trinajstić information content (AvgIpc) is 2.75. The fourth-order valence-corrected chi connectivity index (χ4v) is 7.85. The highest BCUT2D eigenvalue weighted by molar-refractivity contribution is 7.87. The van der Waals surface area contributed by atoms with Gasteiger partial charge in [-0.05, 0) is 12.8 Å². The van der Waals surface area contributed by atoms with Gasteiger partial charge in [0.1, 0.15) is 0 Å². The van der Waals surface area contributed by atoms with Gasteiger partial charge in [-0.1, -0.05) is 110 Å². The molecule has 2 heteroatoms. The van der Waals surface area contributed by atoms with E-state index in [4.69, 9.17) is 4.74 Å². The first-order chi connectivity index (χ1) is 12.9. The van der Waals surface area contributed by atoms with E-state index in [1.54, 1.807) is 0 Å². The maximum Gasteiger partial charge on any atom is 0.0551 e. The van der Waals surface area contributed by atoms with Crippen molar-refractivity contribution in [1.82, 2.24) is 0 Å². The quantitative estimate of drug-likeness (QED) is 0.546. The molecule has 1 nitrogen and oxygen atoms in total. The third kappa shape index (κ3) is 3.41. The fourth-order valence-electron chi connectivity index (χ4n) is 4.02. The minimum Gasteiger partial charge on any atom is -0.286 e. The van der Waals surface area contributed by atoms with Gasteiger partial charge in [-0.3, -0.25) is 4.74 Å². The van der Waals surface area contributed by atoms with Crippen LogP contribution >= 0.6 is 7.05 Å². The molecule has 0 aliphatic heterocycles. The lowest BCUT2D eigenvalue weighted by atomic mass is 9.97. The van der Waals surface area contributed by atoms with Crippen LogP contribution < -0.4 is 15.9 Å². The van der Waals surface area contributed by atoms with Crippen LogP contribution in [0.25, 0.3) is 0 Å².